The second-order valence-electron chi connectivity index (χ2n) is 9.50. The van der Waals surface area contributed by atoms with Gasteiger partial charge in [0.1, 0.15) is 5.69 Å². The van der Waals surface area contributed by atoms with Crippen LogP contribution in [0.25, 0.3) is 11.3 Å². The summed E-state index contributed by atoms with van der Waals surface area (Å²) < 4.78 is 28.8. The molecule has 13 heteroatoms. The van der Waals surface area contributed by atoms with Crippen molar-refractivity contribution in [1.29, 1.82) is 5.53 Å². The molecule has 0 bridgehead atoms. The van der Waals surface area contributed by atoms with Crippen molar-refractivity contribution in [2.45, 2.75) is 50.7 Å². The van der Waals surface area contributed by atoms with E-state index in [2.05, 4.69) is 21.1 Å². The average Bonchev–Trinajstić information content (AvgIpc) is 3.12. The SMILES string of the molecule is CC1(NC(=O)N2CCn3nc(-c4ccc(Cl)c(Cl)c4)c(C(=O)NN=N)c3C2)CC2(C1)CC2(F)F. The zero-order valence-electron chi connectivity index (χ0n) is 18.1. The van der Waals surface area contributed by atoms with Gasteiger partial charge in [0, 0.05) is 29.5 Å². The Morgan fingerprint density at radius 2 is 1.88 bits per heavy atom. The number of urea groups is 1. The number of nitrogens with zero attached hydrogens (tertiary/aromatic N) is 4. The summed E-state index contributed by atoms with van der Waals surface area (Å²) >= 11 is 12.2. The van der Waals surface area contributed by atoms with Crippen molar-refractivity contribution >= 4 is 35.1 Å². The molecule has 1 aromatic heterocycles. The molecule has 1 spiro atoms. The van der Waals surface area contributed by atoms with Gasteiger partial charge < -0.3 is 10.2 Å². The number of carbonyl (C=O) groups excluding carboxylic acids is 2. The van der Waals surface area contributed by atoms with E-state index in [0.29, 0.717) is 35.1 Å². The first-order valence-corrected chi connectivity index (χ1v) is 11.4. The summed E-state index contributed by atoms with van der Waals surface area (Å²) in [6, 6.07) is 4.45. The summed E-state index contributed by atoms with van der Waals surface area (Å²) in [5, 5.41) is 11.0. The molecule has 9 nitrogen and oxygen atoms in total. The second-order valence-corrected chi connectivity index (χ2v) is 10.3. The van der Waals surface area contributed by atoms with Crippen molar-refractivity contribution in [2.24, 2.45) is 10.6 Å². The third-order valence-corrected chi connectivity index (χ3v) is 7.66. The van der Waals surface area contributed by atoms with Crippen molar-refractivity contribution < 1.29 is 18.4 Å². The fourth-order valence-corrected chi connectivity index (χ4v) is 5.61. The molecule has 2 aliphatic carbocycles. The second kappa shape index (κ2) is 7.61. The number of halogens is 4. The van der Waals surface area contributed by atoms with E-state index in [1.165, 1.54) is 4.90 Å². The van der Waals surface area contributed by atoms with E-state index >= 15 is 0 Å². The zero-order chi connectivity index (χ0) is 24.5. The molecule has 5 rings (SSSR count). The van der Waals surface area contributed by atoms with Gasteiger partial charge in [-0.1, -0.05) is 34.5 Å². The summed E-state index contributed by atoms with van der Waals surface area (Å²) in [6.07, 6.45) is 0.362. The van der Waals surface area contributed by atoms with E-state index in [1.807, 2.05) is 0 Å². The van der Waals surface area contributed by atoms with Crippen molar-refractivity contribution in [2.75, 3.05) is 6.54 Å². The number of benzene rings is 1. The molecular weight excluding hydrogens is 491 g/mol. The van der Waals surface area contributed by atoms with E-state index in [0.717, 1.165) is 0 Å². The minimum absolute atomic E-state index is 0.0677. The summed E-state index contributed by atoms with van der Waals surface area (Å²) in [6.45, 7) is 2.48. The predicted molar refractivity (Wildman–Crippen MR) is 119 cm³/mol. The Morgan fingerprint density at radius 3 is 2.50 bits per heavy atom. The zero-order valence-corrected chi connectivity index (χ0v) is 19.6. The number of carbonyl (C=O) groups is 2. The number of amides is 3. The molecule has 0 atom stereocenters. The Labute approximate surface area is 203 Å². The highest BCUT2D eigenvalue weighted by atomic mass is 35.5. The van der Waals surface area contributed by atoms with Crippen molar-refractivity contribution in [3.63, 3.8) is 0 Å². The molecule has 1 aliphatic heterocycles. The molecule has 180 valence electrons. The molecule has 3 aliphatic rings. The molecule has 2 fully saturated rings. The van der Waals surface area contributed by atoms with Crippen LogP contribution in [-0.4, -0.2) is 44.6 Å². The van der Waals surface area contributed by atoms with Gasteiger partial charge in [-0.15, -0.1) is 0 Å². The number of alkyl halides is 2. The Kier molecular flexibility index (Phi) is 5.14. The van der Waals surface area contributed by atoms with Gasteiger partial charge in [-0.25, -0.2) is 19.0 Å². The molecule has 0 radical (unpaired) electrons. The first kappa shape index (κ1) is 23.0. The smallest absolute Gasteiger partial charge is 0.318 e. The standard InChI is InChI=1S/C21H21Cl2F2N7O2/c1-19(8-20(9-19)10-21(20,24)25)27-18(34)31-4-5-32-14(7-31)15(17(33)28-30-26)16(29-32)11-2-3-12(22)13(23)6-11/h2-3,6H,4-5,7-10H2,1H3,(H,27,34)(H2,26,28,33). The van der Waals surface area contributed by atoms with Gasteiger partial charge in [0.25, 0.3) is 11.8 Å². The van der Waals surface area contributed by atoms with Crippen molar-refractivity contribution in [3.8, 4) is 11.3 Å². The van der Waals surface area contributed by atoms with Crippen LogP contribution in [-0.2, 0) is 13.1 Å². The van der Waals surface area contributed by atoms with E-state index in [4.69, 9.17) is 28.7 Å². The van der Waals surface area contributed by atoms with Gasteiger partial charge in [0.2, 0.25) is 0 Å². The lowest BCUT2D eigenvalue weighted by molar-refractivity contribution is -0.0158. The minimum atomic E-state index is -2.64. The lowest BCUT2D eigenvalue weighted by Gasteiger charge is -2.47. The van der Waals surface area contributed by atoms with E-state index in [1.54, 1.807) is 29.8 Å². The van der Waals surface area contributed by atoms with Crippen LogP contribution in [0.15, 0.2) is 23.4 Å². The third kappa shape index (κ3) is 3.61. The summed E-state index contributed by atoms with van der Waals surface area (Å²) in [5.74, 6) is -3.29. The number of aromatic nitrogens is 2. The molecule has 2 aromatic rings. The fraction of sp³-hybridized carbons (Fsp3) is 0.476. The highest BCUT2D eigenvalue weighted by Crippen LogP contribution is 2.73. The molecule has 3 N–H and O–H groups in total. The normalized spacial score (nSPS) is 26.4. The molecule has 3 amide bonds. The molecule has 34 heavy (non-hydrogen) atoms. The third-order valence-electron chi connectivity index (χ3n) is 6.92. The van der Waals surface area contributed by atoms with Crippen LogP contribution in [0.5, 0.6) is 0 Å². The number of fused-ring (bicyclic) bond motifs is 1. The van der Waals surface area contributed by atoms with Crippen LogP contribution in [0.3, 0.4) is 0 Å². The maximum absolute atomic E-state index is 13.6. The fourth-order valence-electron chi connectivity index (χ4n) is 5.31. The Morgan fingerprint density at radius 1 is 1.18 bits per heavy atom. The summed E-state index contributed by atoms with van der Waals surface area (Å²) in [7, 11) is 0. The van der Waals surface area contributed by atoms with E-state index in [-0.39, 0.29) is 42.4 Å². The average molecular weight is 512 g/mol. The quantitative estimate of drug-likeness (QED) is 0.410. The molecule has 2 saturated carbocycles. The van der Waals surface area contributed by atoms with Crippen LogP contribution in [0, 0.1) is 10.9 Å². The lowest BCUT2D eigenvalue weighted by atomic mass is 9.66. The Bertz CT molecular complexity index is 1230. The first-order chi connectivity index (χ1) is 16.0. The van der Waals surface area contributed by atoms with E-state index in [9.17, 15) is 18.4 Å². The lowest BCUT2D eigenvalue weighted by Crippen LogP contribution is -2.60. The van der Waals surface area contributed by atoms with Crippen LogP contribution in [0.1, 0.15) is 42.2 Å². The monoisotopic (exact) mass is 511 g/mol. The predicted octanol–water partition coefficient (Wildman–Crippen LogP) is 4.64. The Balaban J connectivity index is 1.39. The topological polar surface area (TPSA) is 115 Å². The maximum Gasteiger partial charge on any atom is 0.318 e. The molecule has 0 saturated heterocycles. The molecule has 1 aromatic carbocycles. The minimum Gasteiger partial charge on any atom is -0.333 e. The highest BCUT2D eigenvalue weighted by molar-refractivity contribution is 6.42. The van der Waals surface area contributed by atoms with Gasteiger partial charge in [0.05, 0.1) is 34.4 Å². The Hall–Kier alpha value is -2.79. The van der Waals surface area contributed by atoms with E-state index < -0.39 is 22.8 Å². The first-order valence-electron chi connectivity index (χ1n) is 10.6. The number of nitrogens with one attached hydrogen (secondary N) is 3. The molecule has 2 heterocycles. The molecule has 0 unspecified atom stereocenters. The van der Waals surface area contributed by atoms with Gasteiger partial charge in [0.15, 0.2) is 0 Å². The summed E-state index contributed by atoms with van der Waals surface area (Å²) in [4.78, 5) is 27.3. The number of hydrogen-bond donors (Lipinski definition) is 3. The van der Waals surface area contributed by atoms with Gasteiger partial charge in [-0.05, 0) is 31.9 Å². The number of rotatable bonds is 4. The number of hydrogen-bond acceptors (Lipinski definition) is 5. The van der Waals surface area contributed by atoms with Gasteiger partial charge >= 0.3 is 6.03 Å². The van der Waals surface area contributed by atoms with Gasteiger partial charge in [-0.3, -0.25) is 9.48 Å². The van der Waals surface area contributed by atoms with Crippen molar-refractivity contribution in [3.05, 3.63) is 39.5 Å². The van der Waals surface area contributed by atoms with Crippen LogP contribution in [0.2, 0.25) is 10.0 Å². The van der Waals surface area contributed by atoms with Crippen molar-refractivity contribution in [1.82, 2.24) is 25.4 Å². The van der Waals surface area contributed by atoms with Crippen LogP contribution in [0.4, 0.5) is 13.6 Å². The maximum atomic E-state index is 13.6. The largest absolute Gasteiger partial charge is 0.333 e. The summed E-state index contributed by atoms with van der Waals surface area (Å²) in [5.41, 5.74) is 8.96. The molecular formula is C21H21Cl2F2N7O2. The van der Waals surface area contributed by atoms with Crippen LogP contribution < -0.4 is 10.7 Å². The van der Waals surface area contributed by atoms with Gasteiger partial charge in [-0.2, -0.15) is 10.6 Å². The highest BCUT2D eigenvalue weighted by Gasteiger charge is 2.78. The van der Waals surface area contributed by atoms with Crippen LogP contribution >= 0.6 is 23.2 Å².